The minimum absolute atomic E-state index is 0.231. The number of nitrogens with zero attached hydrogens (tertiary/aromatic N) is 6. The number of para-hydroxylation sites is 1. The molecule has 1 aliphatic heterocycles. The van der Waals surface area contributed by atoms with Gasteiger partial charge in [-0.25, -0.2) is 4.98 Å². The first-order valence-corrected chi connectivity index (χ1v) is 17.4. The molecule has 0 spiro atoms. The van der Waals surface area contributed by atoms with Crippen LogP contribution in [0.25, 0.3) is 61.7 Å². The summed E-state index contributed by atoms with van der Waals surface area (Å²) < 4.78 is 2.07. The molecular weight excluding hydrogens is 637 g/mol. The molecule has 244 valence electrons. The average Bonchev–Trinajstić information content (AvgIpc) is 3.73. The first kappa shape index (κ1) is 29.8. The lowest BCUT2D eigenvalue weighted by molar-refractivity contribution is 0.745. The highest BCUT2D eigenvalue weighted by molar-refractivity contribution is 6.10. The number of nitriles is 1. The summed E-state index contributed by atoms with van der Waals surface area (Å²) in [6.07, 6.45) is 8.94. The molecule has 0 radical (unpaired) electrons. The van der Waals surface area contributed by atoms with Gasteiger partial charge in [-0.3, -0.25) is 4.57 Å². The third kappa shape index (κ3) is 4.83. The number of aromatic nitrogens is 4. The number of allylic oxidation sites excluding steroid dienone is 2. The number of anilines is 2. The van der Waals surface area contributed by atoms with Crippen molar-refractivity contribution in [1.29, 1.82) is 5.26 Å². The Labute approximate surface area is 300 Å². The van der Waals surface area contributed by atoms with Crippen LogP contribution >= 0.6 is 0 Å². The lowest BCUT2D eigenvalue weighted by atomic mass is 9.90. The Balaban J connectivity index is 1.17. The summed E-state index contributed by atoms with van der Waals surface area (Å²) >= 11 is 0. The van der Waals surface area contributed by atoms with E-state index in [1.807, 2.05) is 78.9 Å². The summed E-state index contributed by atoms with van der Waals surface area (Å²) in [4.78, 5) is 17.5. The molecule has 52 heavy (non-hydrogen) atoms. The average molecular weight is 667 g/mol. The molecule has 10 rings (SSSR count). The number of hydrogen-bond donors (Lipinski definition) is 0. The molecule has 2 atom stereocenters. The second-order valence-corrected chi connectivity index (χ2v) is 13.2. The molecule has 8 aromatic rings. The molecule has 2 aromatic heterocycles. The van der Waals surface area contributed by atoms with Crippen molar-refractivity contribution >= 4 is 33.2 Å². The van der Waals surface area contributed by atoms with E-state index in [1.165, 1.54) is 16.9 Å². The summed E-state index contributed by atoms with van der Waals surface area (Å²) in [7, 11) is 0. The van der Waals surface area contributed by atoms with Crippen molar-refractivity contribution in [2.75, 3.05) is 4.90 Å². The highest BCUT2D eigenvalue weighted by Gasteiger charge is 2.37. The molecule has 0 saturated heterocycles. The highest BCUT2D eigenvalue weighted by Crippen LogP contribution is 2.49. The highest BCUT2D eigenvalue weighted by atomic mass is 15.2. The van der Waals surface area contributed by atoms with Gasteiger partial charge in [0, 0.05) is 39.2 Å². The van der Waals surface area contributed by atoms with Crippen LogP contribution in [0.4, 0.5) is 11.4 Å². The van der Waals surface area contributed by atoms with Crippen molar-refractivity contribution in [1.82, 2.24) is 19.5 Å². The van der Waals surface area contributed by atoms with Crippen LogP contribution in [-0.4, -0.2) is 25.6 Å². The van der Waals surface area contributed by atoms with Crippen molar-refractivity contribution < 1.29 is 0 Å². The van der Waals surface area contributed by atoms with E-state index in [2.05, 4.69) is 107 Å². The standard InChI is InChI=1S/C46H30N6/c47-29-30-20-23-38-39-27-33(34-21-24-37-36-18-10-11-19-40(36)51(43(37)28-34)35-16-8-3-9-17-35)22-25-41(39)52(42(38)26-30)46-49-44(31-12-4-1-5-13-31)48-45(50-46)32-14-6-2-7-15-32/h1-28,36,40H. The zero-order valence-electron chi connectivity index (χ0n) is 28.0. The SMILES string of the molecule is N#Cc1ccc2c3cc(-c4ccc5c(c4)N(c4ccccc4)C4C=CC=CC54)ccc3n(-c3nc(-c4ccccc4)nc(-c4ccccc4)n3)c2c1. The van der Waals surface area contributed by atoms with Crippen LogP contribution in [-0.2, 0) is 0 Å². The molecule has 0 fully saturated rings. The maximum Gasteiger partial charge on any atom is 0.238 e. The van der Waals surface area contributed by atoms with Gasteiger partial charge in [-0.2, -0.15) is 15.2 Å². The lowest BCUT2D eigenvalue weighted by Crippen LogP contribution is -2.28. The van der Waals surface area contributed by atoms with Gasteiger partial charge in [-0.05, 0) is 59.2 Å². The second kappa shape index (κ2) is 12.0. The van der Waals surface area contributed by atoms with Gasteiger partial charge in [-0.1, -0.05) is 127 Å². The van der Waals surface area contributed by atoms with E-state index in [-0.39, 0.29) is 6.04 Å². The van der Waals surface area contributed by atoms with E-state index in [9.17, 15) is 5.26 Å². The molecule has 6 aromatic carbocycles. The minimum atomic E-state index is 0.231. The molecular formula is C46H30N6. The molecule has 2 aliphatic rings. The molecule has 6 nitrogen and oxygen atoms in total. The Morgan fingerprint density at radius 2 is 1.19 bits per heavy atom. The third-order valence-corrected chi connectivity index (χ3v) is 10.2. The minimum Gasteiger partial charge on any atom is -0.333 e. The Bertz CT molecular complexity index is 2700. The van der Waals surface area contributed by atoms with Gasteiger partial charge >= 0.3 is 0 Å². The van der Waals surface area contributed by atoms with Crippen LogP contribution in [0, 0.1) is 11.3 Å². The predicted octanol–water partition coefficient (Wildman–Crippen LogP) is 10.6. The number of fused-ring (bicyclic) bond motifs is 6. The quantitative estimate of drug-likeness (QED) is 0.183. The van der Waals surface area contributed by atoms with Gasteiger partial charge in [0.05, 0.1) is 28.7 Å². The Hall–Kier alpha value is -7.10. The molecule has 3 heterocycles. The van der Waals surface area contributed by atoms with Gasteiger partial charge in [-0.15, -0.1) is 0 Å². The van der Waals surface area contributed by atoms with E-state index in [0.29, 0.717) is 29.1 Å². The van der Waals surface area contributed by atoms with Crippen molar-refractivity contribution in [3.05, 3.63) is 181 Å². The van der Waals surface area contributed by atoms with Crippen molar-refractivity contribution in [3.8, 4) is 45.9 Å². The maximum atomic E-state index is 9.96. The Morgan fingerprint density at radius 3 is 1.90 bits per heavy atom. The van der Waals surface area contributed by atoms with E-state index in [1.54, 1.807) is 0 Å². The number of hydrogen-bond acceptors (Lipinski definition) is 5. The van der Waals surface area contributed by atoms with Crippen LogP contribution in [0.15, 0.2) is 170 Å². The second-order valence-electron chi connectivity index (χ2n) is 13.2. The van der Waals surface area contributed by atoms with Gasteiger partial charge in [0.1, 0.15) is 0 Å². The van der Waals surface area contributed by atoms with Crippen molar-refractivity contribution in [3.63, 3.8) is 0 Å². The molecule has 1 aliphatic carbocycles. The fraction of sp³-hybridized carbons (Fsp3) is 0.0435. The van der Waals surface area contributed by atoms with Crippen molar-refractivity contribution in [2.45, 2.75) is 12.0 Å². The zero-order valence-corrected chi connectivity index (χ0v) is 28.0. The van der Waals surface area contributed by atoms with Gasteiger partial charge in [0.2, 0.25) is 5.95 Å². The number of benzene rings is 6. The largest absolute Gasteiger partial charge is 0.333 e. The maximum absolute atomic E-state index is 9.96. The number of rotatable bonds is 5. The fourth-order valence-corrected chi connectivity index (χ4v) is 7.79. The van der Waals surface area contributed by atoms with E-state index >= 15 is 0 Å². The predicted molar refractivity (Wildman–Crippen MR) is 209 cm³/mol. The topological polar surface area (TPSA) is 70.6 Å². The fourth-order valence-electron chi connectivity index (χ4n) is 7.79. The van der Waals surface area contributed by atoms with E-state index in [4.69, 9.17) is 15.0 Å². The Kier molecular flexibility index (Phi) is 6.90. The Morgan fingerprint density at radius 1 is 0.538 bits per heavy atom. The lowest BCUT2D eigenvalue weighted by Gasteiger charge is -2.28. The molecule has 0 bridgehead atoms. The molecule has 6 heteroatoms. The van der Waals surface area contributed by atoms with Gasteiger partial charge < -0.3 is 4.90 Å². The van der Waals surface area contributed by atoms with Crippen LogP contribution in [0.3, 0.4) is 0 Å². The summed E-state index contributed by atoms with van der Waals surface area (Å²) in [5, 5.41) is 12.0. The first-order chi connectivity index (χ1) is 25.7. The molecule has 2 unspecified atom stereocenters. The monoisotopic (exact) mass is 666 g/mol. The first-order valence-electron chi connectivity index (χ1n) is 17.4. The molecule has 0 amide bonds. The van der Waals surface area contributed by atoms with E-state index < -0.39 is 0 Å². The van der Waals surface area contributed by atoms with Crippen LogP contribution in [0.1, 0.15) is 17.0 Å². The van der Waals surface area contributed by atoms with Crippen molar-refractivity contribution in [2.24, 2.45) is 0 Å². The normalized spacial score (nSPS) is 15.9. The summed E-state index contributed by atoms with van der Waals surface area (Å²) in [5.74, 6) is 1.96. The third-order valence-electron chi connectivity index (χ3n) is 10.2. The molecule has 0 saturated carbocycles. The smallest absolute Gasteiger partial charge is 0.238 e. The summed E-state index contributed by atoms with van der Waals surface area (Å²) in [5.41, 5.74) is 10.2. The van der Waals surface area contributed by atoms with Gasteiger partial charge in [0.25, 0.3) is 0 Å². The van der Waals surface area contributed by atoms with Gasteiger partial charge in [0.15, 0.2) is 11.6 Å². The van der Waals surface area contributed by atoms with Crippen LogP contribution < -0.4 is 4.90 Å². The van der Waals surface area contributed by atoms with Crippen LogP contribution in [0.5, 0.6) is 0 Å². The summed E-state index contributed by atoms with van der Waals surface area (Å²) in [6, 6.07) is 52.5. The van der Waals surface area contributed by atoms with Crippen LogP contribution in [0.2, 0.25) is 0 Å². The van der Waals surface area contributed by atoms with E-state index in [0.717, 1.165) is 44.1 Å². The zero-order chi connectivity index (χ0) is 34.6. The molecule has 0 N–H and O–H groups in total. The summed E-state index contributed by atoms with van der Waals surface area (Å²) in [6.45, 7) is 0.